The Balaban J connectivity index is 1.88. The minimum atomic E-state index is -4.00. The maximum Gasteiger partial charge on any atom is 0.345 e. The highest BCUT2D eigenvalue weighted by Gasteiger charge is 2.29. The Morgan fingerprint density at radius 3 is 2.62 bits per heavy atom. The predicted octanol–water partition coefficient (Wildman–Crippen LogP) is 1.47. The van der Waals surface area contributed by atoms with Crippen molar-refractivity contribution < 1.29 is 22.4 Å². The highest BCUT2D eigenvalue weighted by molar-refractivity contribution is 7.88. The number of benzene rings is 1. The molecule has 0 spiro atoms. The van der Waals surface area contributed by atoms with Crippen molar-refractivity contribution in [2.24, 2.45) is 4.40 Å². The van der Waals surface area contributed by atoms with E-state index >= 15 is 0 Å². The molecule has 0 radical (unpaired) electrons. The number of carbonyl (C=O) groups is 1. The Morgan fingerprint density at radius 2 is 2.00 bits per heavy atom. The molecule has 0 atom stereocenters. The molecule has 1 aromatic carbocycles. The van der Waals surface area contributed by atoms with Gasteiger partial charge in [-0.25, -0.2) is 4.31 Å². The van der Waals surface area contributed by atoms with E-state index in [1.807, 2.05) is 0 Å². The van der Waals surface area contributed by atoms with E-state index in [1.165, 1.54) is 26.5 Å². The Bertz CT molecular complexity index is 960. The average molecular weight is 375 g/mol. The lowest BCUT2D eigenvalue weighted by Gasteiger charge is -2.23. The molecule has 3 rings (SSSR count). The van der Waals surface area contributed by atoms with E-state index in [9.17, 15) is 13.2 Å². The second-order valence-corrected chi connectivity index (χ2v) is 7.07. The molecule has 136 valence electrons. The number of carbonyl (C=O) groups excluding carboxylic acids is 1. The van der Waals surface area contributed by atoms with Crippen molar-refractivity contribution in [2.45, 2.75) is 6.54 Å². The third kappa shape index (κ3) is 3.62. The maximum atomic E-state index is 12.5. The van der Waals surface area contributed by atoms with Gasteiger partial charge in [0, 0.05) is 12.6 Å². The van der Waals surface area contributed by atoms with Gasteiger partial charge in [0.25, 0.3) is 5.91 Å². The number of ether oxygens (including phenoxy) is 1. The van der Waals surface area contributed by atoms with Crippen molar-refractivity contribution in [3.05, 3.63) is 65.8 Å². The van der Waals surface area contributed by atoms with Crippen LogP contribution in [0, 0.1) is 0 Å². The predicted molar refractivity (Wildman–Crippen MR) is 94.9 cm³/mol. The number of hydrogen-bond acceptors (Lipinski definition) is 5. The van der Waals surface area contributed by atoms with E-state index in [1.54, 1.807) is 36.4 Å². The van der Waals surface area contributed by atoms with Crippen LogP contribution in [0.2, 0.25) is 0 Å². The van der Waals surface area contributed by atoms with Crippen LogP contribution < -0.4 is 10.1 Å². The number of methoxy groups -OCH3 is 1. The first kappa shape index (κ1) is 17.7. The highest BCUT2D eigenvalue weighted by Crippen LogP contribution is 2.21. The zero-order chi connectivity index (χ0) is 18.7. The van der Waals surface area contributed by atoms with Gasteiger partial charge in [0.05, 0.1) is 25.6 Å². The number of nitrogens with one attached hydrogen (secondary N) is 1. The summed E-state index contributed by atoms with van der Waals surface area (Å²) in [6.45, 7) is 0.145. The quantitative estimate of drug-likeness (QED) is 0.853. The summed E-state index contributed by atoms with van der Waals surface area (Å²) in [6, 6.07) is 10.1. The summed E-state index contributed by atoms with van der Waals surface area (Å²) < 4.78 is 39.5. The summed E-state index contributed by atoms with van der Waals surface area (Å²) in [4.78, 5) is 12.5. The van der Waals surface area contributed by atoms with Crippen LogP contribution in [0.25, 0.3) is 0 Å². The van der Waals surface area contributed by atoms with E-state index in [0.717, 1.165) is 4.31 Å². The summed E-state index contributed by atoms with van der Waals surface area (Å²) >= 11 is 0. The third-order valence-electron chi connectivity index (χ3n) is 3.79. The molecule has 26 heavy (non-hydrogen) atoms. The first-order chi connectivity index (χ1) is 12.4. The normalized spacial score (nSPS) is 15.8. The van der Waals surface area contributed by atoms with Crippen LogP contribution in [0.1, 0.15) is 11.3 Å². The van der Waals surface area contributed by atoms with Gasteiger partial charge in [-0.1, -0.05) is 0 Å². The van der Waals surface area contributed by atoms with Gasteiger partial charge in [-0.2, -0.15) is 8.42 Å². The number of furan rings is 1. The number of amides is 1. The van der Waals surface area contributed by atoms with E-state index in [2.05, 4.69) is 9.71 Å². The topological polar surface area (TPSA) is 101 Å². The maximum absolute atomic E-state index is 12.5. The smallest absolute Gasteiger partial charge is 0.345 e. The second-order valence-electron chi connectivity index (χ2n) is 5.44. The summed E-state index contributed by atoms with van der Waals surface area (Å²) in [7, 11) is -1.19. The van der Waals surface area contributed by atoms with Crippen molar-refractivity contribution >= 4 is 21.8 Å². The van der Waals surface area contributed by atoms with Crippen LogP contribution in [0.3, 0.4) is 0 Å². The van der Waals surface area contributed by atoms with E-state index in [-0.39, 0.29) is 18.0 Å². The molecule has 1 aromatic heterocycles. The molecule has 1 aliphatic heterocycles. The zero-order valence-corrected chi connectivity index (χ0v) is 15.0. The number of likely N-dealkylation sites (N-methyl/N-ethyl adjacent to an activating group) is 1. The van der Waals surface area contributed by atoms with Crippen molar-refractivity contribution in [3.8, 4) is 5.75 Å². The van der Waals surface area contributed by atoms with Crippen LogP contribution >= 0.6 is 0 Å². The molecule has 0 saturated carbocycles. The van der Waals surface area contributed by atoms with Gasteiger partial charge in [-0.3, -0.25) is 4.79 Å². The summed E-state index contributed by atoms with van der Waals surface area (Å²) in [5, 5.41) is 2.63. The first-order valence-electron chi connectivity index (χ1n) is 7.66. The van der Waals surface area contributed by atoms with E-state index in [4.69, 9.17) is 9.15 Å². The van der Waals surface area contributed by atoms with Crippen molar-refractivity contribution in [1.82, 2.24) is 9.62 Å². The fraction of sp³-hybridized carbons (Fsp3) is 0.176. The molecule has 1 amide bonds. The van der Waals surface area contributed by atoms with Crippen LogP contribution in [-0.4, -0.2) is 38.5 Å². The SMILES string of the molecule is COc1ccc(C2=NS(=O)(=O)N(C)C(C(=O)NCc3ccco3)=C2)cc1. The molecule has 0 saturated heterocycles. The van der Waals surface area contributed by atoms with E-state index in [0.29, 0.717) is 17.1 Å². The lowest BCUT2D eigenvalue weighted by Crippen LogP contribution is -2.38. The van der Waals surface area contributed by atoms with Crippen molar-refractivity contribution in [2.75, 3.05) is 14.2 Å². The monoisotopic (exact) mass is 375 g/mol. The third-order valence-corrected chi connectivity index (χ3v) is 5.11. The standard InChI is InChI=1S/C17H17N3O5S/c1-20-16(17(21)18-11-14-4-3-9-25-14)10-15(19-26(20,22)23)12-5-7-13(24-2)8-6-12/h3-10H,11H2,1-2H3,(H,18,21). The Morgan fingerprint density at radius 1 is 1.27 bits per heavy atom. The Labute approximate surface area is 151 Å². The van der Waals surface area contributed by atoms with Crippen LogP contribution in [0.5, 0.6) is 5.75 Å². The van der Waals surface area contributed by atoms with Gasteiger partial charge in [0.1, 0.15) is 17.2 Å². The molecule has 8 nitrogen and oxygen atoms in total. The molecule has 1 N–H and O–H groups in total. The highest BCUT2D eigenvalue weighted by atomic mass is 32.2. The molecular formula is C17H17N3O5S. The molecule has 1 aliphatic rings. The second kappa shape index (κ2) is 7.04. The summed E-state index contributed by atoms with van der Waals surface area (Å²) in [5.74, 6) is 0.642. The average Bonchev–Trinajstić information content (AvgIpc) is 3.15. The van der Waals surface area contributed by atoms with Crippen LogP contribution in [-0.2, 0) is 21.5 Å². The molecule has 0 aliphatic carbocycles. The summed E-state index contributed by atoms with van der Waals surface area (Å²) in [6.07, 6.45) is 2.92. The Kier molecular flexibility index (Phi) is 4.81. The van der Waals surface area contributed by atoms with Crippen molar-refractivity contribution in [3.63, 3.8) is 0 Å². The number of nitrogens with zero attached hydrogens (tertiary/aromatic N) is 2. The van der Waals surface area contributed by atoms with Gasteiger partial charge in [0.15, 0.2) is 0 Å². The van der Waals surface area contributed by atoms with Gasteiger partial charge in [-0.15, -0.1) is 4.40 Å². The first-order valence-corrected chi connectivity index (χ1v) is 9.06. The molecule has 0 bridgehead atoms. The minimum absolute atomic E-state index is 0.0302. The van der Waals surface area contributed by atoms with Gasteiger partial charge < -0.3 is 14.5 Å². The largest absolute Gasteiger partial charge is 0.497 e. The van der Waals surface area contributed by atoms with Crippen LogP contribution in [0.15, 0.2) is 63.2 Å². The molecule has 2 aromatic rings. The minimum Gasteiger partial charge on any atom is -0.497 e. The number of hydrogen-bond donors (Lipinski definition) is 1. The fourth-order valence-electron chi connectivity index (χ4n) is 2.33. The van der Waals surface area contributed by atoms with Gasteiger partial charge in [0.2, 0.25) is 0 Å². The van der Waals surface area contributed by atoms with E-state index < -0.39 is 16.1 Å². The molecule has 0 fully saturated rings. The summed E-state index contributed by atoms with van der Waals surface area (Å²) in [5.41, 5.74) is 0.699. The Hall–Kier alpha value is -3.07. The number of rotatable bonds is 5. The number of allylic oxidation sites excluding steroid dienone is 1. The molecular weight excluding hydrogens is 358 g/mol. The van der Waals surface area contributed by atoms with Gasteiger partial charge >= 0.3 is 10.2 Å². The fourth-order valence-corrected chi connectivity index (χ4v) is 3.25. The van der Waals surface area contributed by atoms with Crippen LogP contribution in [0.4, 0.5) is 0 Å². The van der Waals surface area contributed by atoms with Gasteiger partial charge in [-0.05, 0) is 42.5 Å². The lowest BCUT2D eigenvalue weighted by atomic mass is 10.1. The van der Waals surface area contributed by atoms with Crippen molar-refractivity contribution in [1.29, 1.82) is 0 Å². The molecule has 9 heteroatoms. The lowest BCUT2D eigenvalue weighted by molar-refractivity contribution is -0.118. The molecule has 0 unspecified atom stereocenters. The molecule has 2 heterocycles. The zero-order valence-electron chi connectivity index (χ0n) is 14.2.